The van der Waals surface area contributed by atoms with Gasteiger partial charge >= 0.3 is 0 Å². The van der Waals surface area contributed by atoms with Crippen molar-refractivity contribution >= 4 is 27.5 Å². The van der Waals surface area contributed by atoms with Crippen LogP contribution in [-0.4, -0.2) is 17.6 Å². The Morgan fingerprint density at radius 2 is 1.95 bits per heavy atom. The highest BCUT2D eigenvalue weighted by atomic mass is 79.9. The summed E-state index contributed by atoms with van der Waals surface area (Å²) in [6.07, 6.45) is 0. The van der Waals surface area contributed by atoms with Crippen molar-refractivity contribution in [1.82, 2.24) is 5.32 Å². The second-order valence-electron chi connectivity index (χ2n) is 5.05. The van der Waals surface area contributed by atoms with Crippen LogP contribution >= 0.6 is 15.9 Å². The zero-order chi connectivity index (χ0) is 15.5. The first-order chi connectivity index (χ1) is 9.96. The van der Waals surface area contributed by atoms with Gasteiger partial charge in [0.1, 0.15) is 0 Å². The molecule has 0 saturated heterocycles. The van der Waals surface area contributed by atoms with Crippen LogP contribution in [-0.2, 0) is 5.54 Å². The summed E-state index contributed by atoms with van der Waals surface area (Å²) in [5, 5.41) is 12.6. The Kier molecular flexibility index (Phi) is 4.65. The number of hydrogen-bond acceptors (Lipinski definition) is 3. The van der Waals surface area contributed by atoms with Crippen molar-refractivity contribution in [2.45, 2.75) is 12.5 Å². The predicted molar refractivity (Wildman–Crippen MR) is 86.9 cm³/mol. The zero-order valence-electron chi connectivity index (χ0n) is 11.6. The molecular formula is C16H17BrN2O2. The topological polar surface area (TPSA) is 75.3 Å². The van der Waals surface area contributed by atoms with E-state index in [0.717, 1.165) is 5.56 Å². The van der Waals surface area contributed by atoms with Crippen LogP contribution in [0.3, 0.4) is 0 Å². The predicted octanol–water partition coefficient (Wildman–Crippen LogP) is 2.67. The fourth-order valence-electron chi connectivity index (χ4n) is 2.00. The van der Waals surface area contributed by atoms with E-state index < -0.39 is 5.54 Å². The first kappa shape index (κ1) is 15.5. The van der Waals surface area contributed by atoms with Crippen LogP contribution in [0.4, 0.5) is 5.69 Å². The normalized spacial score (nSPS) is 13.5. The molecule has 21 heavy (non-hydrogen) atoms. The van der Waals surface area contributed by atoms with Crippen molar-refractivity contribution in [2.75, 3.05) is 12.3 Å². The molecule has 2 aromatic carbocycles. The Balaban J connectivity index is 2.26. The van der Waals surface area contributed by atoms with Crippen LogP contribution in [0.5, 0.6) is 0 Å². The molecule has 0 heterocycles. The highest BCUT2D eigenvalue weighted by Crippen LogP contribution is 2.23. The van der Waals surface area contributed by atoms with Gasteiger partial charge in [-0.2, -0.15) is 0 Å². The van der Waals surface area contributed by atoms with Crippen LogP contribution in [0.25, 0.3) is 0 Å². The third kappa shape index (κ3) is 3.43. The molecule has 0 aliphatic rings. The molecule has 2 rings (SSSR count). The van der Waals surface area contributed by atoms with E-state index in [-0.39, 0.29) is 12.5 Å². The molecule has 0 saturated carbocycles. The van der Waals surface area contributed by atoms with E-state index in [1.165, 1.54) is 0 Å². The standard InChI is InChI=1S/C16H17BrN2O2/c1-16(10-20,12-5-3-2-4-6-12)19-15(21)11-7-8-14(18)13(17)9-11/h2-9,20H,10,18H2,1H3,(H,19,21). The van der Waals surface area contributed by atoms with Gasteiger partial charge < -0.3 is 16.2 Å². The smallest absolute Gasteiger partial charge is 0.252 e. The Bertz CT molecular complexity index is 646. The number of benzene rings is 2. The number of halogens is 1. The number of carbonyl (C=O) groups excluding carboxylic acids is 1. The SMILES string of the molecule is CC(CO)(NC(=O)c1ccc(N)c(Br)c1)c1ccccc1. The van der Waals surface area contributed by atoms with Gasteiger partial charge in [-0.15, -0.1) is 0 Å². The van der Waals surface area contributed by atoms with E-state index in [0.29, 0.717) is 15.7 Å². The summed E-state index contributed by atoms with van der Waals surface area (Å²) in [5.41, 5.74) is 6.76. The van der Waals surface area contributed by atoms with Gasteiger partial charge in [-0.05, 0) is 46.6 Å². The van der Waals surface area contributed by atoms with Gasteiger partial charge in [0.25, 0.3) is 5.91 Å². The lowest BCUT2D eigenvalue weighted by molar-refractivity contribution is 0.0849. The van der Waals surface area contributed by atoms with Crippen LogP contribution in [0.1, 0.15) is 22.8 Å². The molecule has 0 aliphatic heterocycles. The Morgan fingerprint density at radius 3 is 2.52 bits per heavy atom. The number of amides is 1. The second-order valence-corrected chi connectivity index (χ2v) is 5.90. The Morgan fingerprint density at radius 1 is 1.29 bits per heavy atom. The summed E-state index contributed by atoms with van der Waals surface area (Å²) < 4.78 is 0.667. The molecule has 2 aromatic rings. The number of aliphatic hydroxyl groups is 1. The molecule has 0 radical (unpaired) electrons. The van der Waals surface area contributed by atoms with Crippen molar-refractivity contribution in [3.8, 4) is 0 Å². The molecule has 0 aliphatic carbocycles. The summed E-state index contributed by atoms with van der Waals surface area (Å²) in [7, 11) is 0. The summed E-state index contributed by atoms with van der Waals surface area (Å²) in [6, 6.07) is 14.3. The van der Waals surface area contributed by atoms with E-state index >= 15 is 0 Å². The fourth-order valence-corrected chi connectivity index (χ4v) is 2.38. The summed E-state index contributed by atoms with van der Waals surface area (Å²) in [4.78, 5) is 12.4. The van der Waals surface area contributed by atoms with Crippen molar-refractivity contribution in [3.05, 3.63) is 64.1 Å². The lowest BCUT2D eigenvalue weighted by atomic mass is 9.92. The van der Waals surface area contributed by atoms with Gasteiger partial charge in [-0.25, -0.2) is 0 Å². The van der Waals surface area contributed by atoms with Crippen LogP contribution in [0, 0.1) is 0 Å². The van der Waals surface area contributed by atoms with E-state index in [9.17, 15) is 9.90 Å². The first-order valence-electron chi connectivity index (χ1n) is 6.50. The van der Waals surface area contributed by atoms with Crippen molar-refractivity contribution in [1.29, 1.82) is 0 Å². The fraction of sp³-hybridized carbons (Fsp3) is 0.188. The molecule has 0 bridgehead atoms. The number of nitrogens with two attached hydrogens (primary N) is 1. The zero-order valence-corrected chi connectivity index (χ0v) is 13.2. The Labute approximate surface area is 132 Å². The van der Waals surface area contributed by atoms with Crippen molar-refractivity contribution in [3.63, 3.8) is 0 Å². The van der Waals surface area contributed by atoms with Gasteiger partial charge in [0.15, 0.2) is 0 Å². The van der Waals surface area contributed by atoms with E-state index in [1.54, 1.807) is 25.1 Å². The highest BCUT2D eigenvalue weighted by Gasteiger charge is 2.28. The Hall–Kier alpha value is -1.85. The molecule has 1 atom stereocenters. The third-order valence-electron chi connectivity index (χ3n) is 3.38. The number of anilines is 1. The van der Waals surface area contributed by atoms with Crippen molar-refractivity contribution in [2.24, 2.45) is 0 Å². The minimum absolute atomic E-state index is 0.196. The molecule has 0 aromatic heterocycles. The average molecular weight is 349 g/mol. The molecule has 5 heteroatoms. The maximum atomic E-state index is 12.4. The lowest BCUT2D eigenvalue weighted by Crippen LogP contribution is -2.46. The summed E-state index contributed by atoms with van der Waals surface area (Å²) >= 11 is 3.30. The number of aliphatic hydroxyl groups excluding tert-OH is 1. The largest absolute Gasteiger partial charge is 0.398 e. The summed E-state index contributed by atoms with van der Waals surface area (Å²) in [6.45, 7) is 1.59. The van der Waals surface area contributed by atoms with E-state index in [2.05, 4.69) is 21.2 Å². The lowest BCUT2D eigenvalue weighted by Gasteiger charge is -2.29. The van der Waals surface area contributed by atoms with Crippen LogP contribution in [0.2, 0.25) is 0 Å². The van der Waals surface area contributed by atoms with Crippen LogP contribution in [0.15, 0.2) is 53.0 Å². The maximum absolute atomic E-state index is 12.4. The number of carbonyl (C=O) groups is 1. The third-order valence-corrected chi connectivity index (χ3v) is 4.07. The first-order valence-corrected chi connectivity index (χ1v) is 7.29. The second kappa shape index (κ2) is 6.28. The summed E-state index contributed by atoms with van der Waals surface area (Å²) in [5.74, 6) is -0.267. The minimum atomic E-state index is -0.841. The quantitative estimate of drug-likeness (QED) is 0.743. The monoisotopic (exact) mass is 348 g/mol. The molecule has 1 amide bonds. The van der Waals surface area contributed by atoms with Gasteiger partial charge in [-0.3, -0.25) is 4.79 Å². The maximum Gasteiger partial charge on any atom is 0.252 e. The van der Waals surface area contributed by atoms with Gasteiger partial charge in [0, 0.05) is 15.7 Å². The molecule has 4 N–H and O–H groups in total. The van der Waals surface area contributed by atoms with Crippen molar-refractivity contribution < 1.29 is 9.90 Å². The number of nitrogen functional groups attached to an aromatic ring is 1. The molecular weight excluding hydrogens is 332 g/mol. The number of nitrogens with one attached hydrogen (secondary N) is 1. The van der Waals surface area contributed by atoms with E-state index in [4.69, 9.17) is 5.73 Å². The number of hydrogen-bond donors (Lipinski definition) is 3. The molecule has 1 unspecified atom stereocenters. The molecule has 0 fully saturated rings. The van der Waals surface area contributed by atoms with Crippen LogP contribution < -0.4 is 11.1 Å². The average Bonchev–Trinajstić information content (AvgIpc) is 2.50. The molecule has 110 valence electrons. The van der Waals surface area contributed by atoms with Gasteiger partial charge in [0.2, 0.25) is 0 Å². The molecule has 0 spiro atoms. The number of rotatable bonds is 4. The van der Waals surface area contributed by atoms with Gasteiger partial charge in [0.05, 0.1) is 12.1 Å². The molecule has 4 nitrogen and oxygen atoms in total. The highest BCUT2D eigenvalue weighted by molar-refractivity contribution is 9.10. The minimum Gasteiger partial charge on any atom is -0.398 e. The van der Waals surface area contributed by atoms with Gasteiger partial charge in [-0.1, -0.05) is 30.3 Å². The van der Waals surface area contributed by atoms with E-state index in [1.807, 2.05) is 30.3 Å².